The summed E-state index contributed by atoms with van der Waals surface area (Å²) in [7, 11) is 0. The van der Waals surface area contributed by atoms with Crippen molar-refractivity contribution >= 4 is 0 Å². The molecule has 96 valence electrons. The van der Waals surface area contributed by atoms with Crippen LogP contribution >= 0.6 is 0 Å². The number of hydrogen-bond donors (Lipinski definition) is 3. The van der Waals surface area contributed by atoms with E-state index >= 15 is 0 Å². The van der Waals surface area contributed by atoms with Crippen molar-refractivity contribution < 1.29 is 14.9 Å². The van der Waals surface area contributed by atoms with Gasteiger partial charge in [0.1, 0.15) is 6.61 Å². The summed E-state index contributed by atoms with van der Waals surface area (Å²) in [6.45, 7) is 0.112. The molecular weight excluding hydrogens is 236 g/mol. The van der Waals surface area contributed by atoms with Crippen LogP contribution in [0.1, 0.15) is 5.56 Å². The number of nitrogens with zero attached hydrogens (tertiary/aromatic N) is 1. The van der Waals surface area contributed by atoms with Gasteiger partial charge in [0, 0.05) is 0 Å². The lowest BCUT2D eigenvalue weighted by Gasteiger charge is -2.08. The molecule has 0 bridgehead atoms. The highest BCUT2D eigenvalue weighted by molar-refractivity contribution is 5.27. The molecule has 0 aliphatic rings. The first kappa shape index (κ1) is 12.3. The lowest BCUT2D eigenvalue weighted by molar-refractivity contribution is 0.187. The molecule has 0 fully saturated rings. The van der Waals surface area contributed by atoms with Gasteiger partial charge in [-0.3, -0.25) is 9.55 Å². The molecule has 0 saturated heterocycles. The first-order chi connectivity index (χ1) is 8.72. The van der Waals surface area contributed by atoms with E-state index in [1.807, 2.05) is 30.3 Å². The molecule has 2 rings (SSSR count). The number of aromatic hydroxyl groups is 1. The maximum atomic E-state index is 11.6. The third-order valence-corrected chi connectivity index (χ3v) is 2.43. The molecule has 0 aliphatic carbocycles. The van der Waals surface area contributed by atoms with Crippen LogP contribution in [0.15, 0.2) is 35.1 Å². The van der Waals surface area contributed by atoms with Crippen molar-refractivity contribution in [1.82, 2.24) is 9.55 Å². The predicted octanol–water partition coefficient (Wildman–Crippen LogP) is 0.301. The van der Waals surface area contributed by atoms with Crippen molar-refractivity contribution in [3.05, 3.63) is 46.4 Å². The van der Waals surface area contributed by atoms with E-state index in [4.69, 9.17) is 9.84 Å². The zero-order valence-corrected chi connectivity index (χ0v) is 9.67. The number of ether oxygens (including phenoxy) is 1. The maximum absolute atomic E-state index is 11.6. The van der Waals surface area contributed by atoms with Gasteiger partial charge in [-0.2, -0.15) is 0 Å². The van der Waals surface area contributed by atoms with Crippen molar-refractivity contribution in [3.63, 3.8) is 0 Å². The molecule has 6 nitrogen and oxygen atoms in total. The maximum Gasteiger partial charge on any atom is 0.331 e. The third kappa shape index (κ3) is 2.54. The van der Waals surface area contributed by atoms with E-state index in [0.717, 1.165) is 5.56 Å². The summed E-state index contributed by atoms with van der Waals surface area (Å²) in [5.74, 6) is -0.290. The Morgan fingerprint density at radius 2 is 2.00 bits per heavy atom. The summed E-state index contributed by atoms with van der Waals surface area (Å²) < 4.78 is 6.42. The molecule has 0 radical (unpaired) electrons. The first-order valence-corrected chi connectivity index (χ1v) is 5.51. The highest BCUT2D eigenvalue weighted by Gasteiger charge is 2.14. The standard InChI is InChI=1S/C12H14N2O4/c15-6-7-18-11-10(16)13-12(17)14(11)8-9-4-2-1-3-5-9/h1-5,15-16H,6-8H2,(H,13,17). The third-order valence-electron chi connectivity index (χ3n) is 2.43. The number of rotatable bonds is 5. The quantitative estimate of drug-likeness (QED) is 0.712. The average molecular weight is 250 g/mol. The van der Waals surface area contributed by atoms with Crippen molar-refractivity contribution in [2.24, 2.45) is 0 Å². The molecule has 1 aromatic heterocycles. The number of nitrogens with one attached hydrogen (secondary N) is 1. The molecule has 0 amide bonds. The van der Waals surface area contributed by atoms with Crippen LogP contribution in [0.4, 0.5) is 0 Å². The lowest BCUT2D eigenvalue weighted by atomic mass is 10.2. The number of aliphatic hydroxyl groups is 1. The number of H-pyrrole nitrogens is 1. The van der Waals surface area contributed by atoms with Crippen LogP contribution in [0.2, 0.25) is 0 Å². The van der Waals surface area contributed by atoms with Gasteiger partial charge in [0.15, 0.2) is 0 Å². The Balaban J connectivity index is 2.29. The summed E-state index contributed by atoms with van der Waals surface area (Å²) in [5, 5.41) is 18.2. The Labute approximate surface area is 103 Å². The highest BCUT2D eigenvalue weighted by atomic mass is 16.5. The molecule has 1 heterocycles. The van der Waals surface area contributed by atoms with E-state index in [0.29, 0.717) is 0 Å². The fraction of sp³-hybridized carbons (Fsp3) is 0.250. The summed E-state index contributed by atoms with van der Waals surface area (Å²) in [6, 6.07) is 9.34. The summed E-state index contributed by atoms with van der Waals surface area (Å²) >= 11 is 0. The minimum Gasteiger partial charge on any atom is -0.491 e. The van der Waals surface area contributed by atoms with Crippen LogP contribution in [-0.4, -0.2) is 33.0 Å². The van der Waals surface area contributed by atoms with E-state index in [1.54, 1.807) is 0 Å². The number of imidazole rings is 1. The molecular formula is C12H14N2O4. The van der Waals surface area contributed by atoms with Crippen molar-refractivity contribution in [3.8, 4) is 11.8 Å². The molecule has 2 aromatic rings. The number of hydrogen-bond acceptors (Lipinski definition) is 4. The second-order valence-electron chi connectivity index (χ2n) is 3.73. The zero-order chi connectivity index (χ0) is 13.0. The van der Waals surface area contributed by atoms with Crippen molar-refractivity contribution in [1.29, 1.82) is 0 Å². The zero-order valence-electron chi connectivity index (χ0n) is 9.67. The monoisotopic (exact) mass is 250 g/mol. The minimum atomic E-state index is -0.454. The summed E-state index contributed by atoms with van der Waals surface area (Å²) in [5.41, 5.74) is 0.455. The minimum absolute atomic E-state index is 0.0135. The molecule has 0 aliphatic heterocycles. The van der Waals surface area contributed by atoms with E-state index < -0.39 is 5.69 Å². The largest absolute Gasteiger partial charge is 0.491 e. The van der Waals surface area contributed by atoms with E-state index in [-0.39, 0.29) is 31.5 Å². The number of benzene rings is 1. The molecule has 3 N–H and O–H groups in total. The van der Waals surface area contributed by atoms with Crippen molar-refractivity contribution in [2.75, 3.05) is 13.2 Å². The Bertz CT molecular complexity index is 559. The van der Waals surface area contributed by atoms with Gasteiger partial charge in [0.25, 0.3) is 11.8 Å². The Morgan fingerprint density at radius 3 is 2.67 bits per heavy atom. The van der Waals surface area contributed by atoms with Gasteiger partial charge in [0.2, 0.25) is 0 Å². The SMILES string of the molecule is O=c1[nH]c(O)c(OCCO)n1Cc1ccccc1. The van der Waals surface area contributed by atoms with E-state index in [9.17, 15) is 9.90 Å². The highest BCUT2D eigenvalue weighted by Crippen LogP contribution is 2.22. The van der Waals surface area contributed by atoms with Gasteiger partial charge in [-0.25, -0.2) is 4.79 Å². The Kier molecular flexibility index (Phi) is 3.69. The lowest BCUT2D eigenvalue weighted by Crippen LogP contribution is -2.19. The van der Waals surface area contributed by atoms with E-state index in [1.165, 1.54) is 4.57 Å². The number of aromatic nitrogens is 2. The first-order valence-electron chi connectivity index (χ1n) is 5.51. The number of aromatic amines is 1. The topological polar surface area (TPSA) is 87.5 Å². The van der Waals surface area contributed by atoms with Gasteiger partial charge in [-0.15, -0.1) is 0 Å². The van der Waals surface area contributed by atoms with Crippen molar-refractivity contribution in [2.45, 2.75) is 6.54 Å². The van der Waals surface area contributed by atoms with Crippen LogP contribution in [-0.2, 0) is 6.54 Å². The van der Waals surface area contributed by atoms with Crippen LogP contribution in [0, 0.1) is 0 Å². The fourth-order valence-electron chi connectivity index (χ4n) is 1.64. The molecule has 18 heavy (non-hydrogen) atoms. The number of aliphatic hydroxyl groups excluding tert-OH is 1. The normalized spacial score (nSPS) is 10.5. The van der Waals surface area contributed by atoms with Crippen LogP contribution in [0.3, 0.4) is 0 Å². The van der Waals surface area contributed by atoms with Gasteiger partial charge in [-0.1, -0.05) is 30.3 Å². The molecule has 6 heteroatoms. The second kappa shape index (κ2) is 5.42. The molecule has 0 unspecified atom stereocenters. The van der Waals surface area contributed by atoms with Crippen LogP contribution in [0.25, 0.3) is 0 Å². The van der Waals surface area contributed by atoms with Crippen LogP contribution in [0.5, 0.6) is 11.8 Å². The fourth-order valence-corrected chi connectivity index (χ4v) is 1.64. The summed E-state index contributed by atoms with van der Waals surface area (Å²) in [4.78, 5) is 13.9. The van der Waals surface area contributed by atoms with Gasteiger partial charge < -0.3 is 14.9 Å². The van der Waals surface area contributed by atoms with Gasteiger partial charge in [-0.05, 0) is 5.56 Å². The molecule has 0 spiro atoms. The van der Waals surface area contributed by atoms with Gasteiger partial charge >= 0.3 is 5.69 Å². The van der Waals surface area contributed by atoms with Gasteiger partial charge in [0.05, 0.1) is 13.2 Å². The molecule has 0 saturated carbocycles. The summed E-state index contributed by atoms with van der Waals surface area (Å²) in [6.07, 6.45) is 0. The second-order valence-corrected chi connectivity index (χ2v) is 3.73. The average Bonchev–Trinajstić information content (AvgIpc) is 2.63. The smallest absolute Gasteiger partial charge is 0.331 e. The predicted molar refractivity (Wildman–Crippen MR) is 64.8 cm³/mol. The molecule has 0 atom stereocenters. The van der Waals surface area contributed by atoms with Crippen LogP contribution < -0.4 is 10.4 Å². The molecule has 1 aromatic carbocycles. The van der Waals surface area contributed by atoms with E-state index in [2.05, 4.69) is 4.98 Å². The Morgan fingerprint density at radius 1 is 1.28 bits per heavy atom. The Hall–Kier alpha value is -2.21.